The van der Waals surface area contributed by atoms with Crippen LogP contribution in [0.15, 0.2) is 6.20 Å². The average Bonchev–Trinajstić information content (AvgIpc) is 2.76. The van der Waals surface area contributed by atoms with Gasteiger partial charge in [-0.3, -0.25) is 4.21 Å². The Hall–Kier alpha value is -0.260. The molecule has 0 aromatic carbocycles. The summed E-state index contributed by atoms with van der Waals surface area (Å²) in [5, 5.41) is 4.74. The van der Waals surface area contributed by atoms with Gasteiger partial charge in [-0.25, -0.2) is 4.98 Å². The number of aromatic nitrogens is 1. The molecule has 16 heavy (non-hydrogen) atoms. The van der Waals surface area contributed by atoms with Gasteiger partial charge in [-0.05, 0) is 19.3 Å². The highest BCUT2D eigenvalue weighted by Crippen LogP contribution is 2.15. The SMILES string of the molecule is CCc1ncc(CNC2CCS(=O)CC2)s1. The molecule has 1 saturated heterocycles. The minimum Gasteiger partial charge on any atom is -0.309 e. The molecule has 3 nitrogen and oxygen atoms in total. The van der Waals surface area contributed by atoms with Gasteiger partial charge < -0.3 is 5.32 Å². The molecule has 1 N–H and O–H groups in total. The van der Waals surface area contributed by atoms with E-state index < -0.39 is 10.8 Å². The van der Waals surface area contributed by atoms with Crippen molar-refractivity contribution >= 4 is 22.1 Å². The number of hydrogen-bond acceptors (Lipinski definition) is 4. The molecule has 0 amide bonds. The molecule has 1 aromatic heterocycles. The van der Waals surface area contributed by atoms with E-state index >= 15 is 0 Å². The predicted octanol–water partition coefficient (Wildman–Crippen LogP) is 1.71. The monoisotopic (exact) mass is 258 g/mol. The molecule has 1 aliphatic heterocycles. The van der Waals surface area contributed by atoms with Crippen molar-refractivity contribution in [2.45, 2.75) is 38.8 Å². The first-order chi connectivity index (χ1) is 7.78. The van der Waals surface area contributed by atoms with Gasteiger partial charge >= 0.3 is 0 Å². The smallest absolute Gasteiger partial charge is 0.0925 e. The molecule has 2 rings (SSSR count). The molecular weight excluding hydrogens is 240 g/mol. The fourth-order valence-electron chi connectivity index (χ4n) is 1.84. The van der Waals surface area contributed by atoms with E-state index in [2.05, 4.69) is 17.2 Å². The summed E-state index contributed by atoms with van der Waals surface area (Å²) in [5.74, 6) is 1.72. The molecule has 5 heteroatoms. The first kappa shape index (κ1) is 12.2. The van der Waals surface area contributed by atoms with Crippen LogP contribution in [0.4, 0.5) is 0 Å². The standard InChI is InChI=1S/C11H18N2OS2/c1-2-11-13-8-10(15-11)7-12-9-3-5-16(14)6-4-9/h8-9,12H,2-7H2,1H3. The predicted molar refractivity (Wildman–Crippen MR) is 69.2 cm³/mol. The van der Waals surface area contributed by atoms with Crippen molar-refractivity contribution in [3.63, 3.8) is 0 Å². The molecule has 0 bridgehead atoms. The number of aryl methyl sites for hydroxylation is 1. The molecule has 1 aromatic rings. The lowest BCUT2D eigenvalue weighted by Gasteiger charge is -2.22. The van der Waals surface area contributed by atoms with Crippen molar-refractivity contribution in [3.05, 3.63) is 16.1 Å². The largest absolute Gasteiger partial charge is 0.309 e. The Bertz CT molecular complexity index is 355. The summed E-state index contributed by atoms with van der Waals surface area (Å²) >= 11 is 1.79. The lowest BCUT2D eigenvalue weighted by atomic mass is 10.1. The number of hydrogen-bond donors (Lipinski definition) is 1. The Labute approximate surface area is 103 Å². The fraction of sp³-hybridized carbons (Fsp3) is 0.727. The maximum atomic E-state index is 11.2. The average molecular weight is 258 g/mol. The van der Waals surface area contributed by atoms with E-state index in [0.29, 0.717) is 6.04 Å². The zero-order valence-corrected chi connectivity index (χ0v) is 11.2. The number of nitrogens with one attached hydrogen (secondary N) is 1. The van der Waals surface area contributed by atoms with Crippen molar-refractivity contribution < 1.29 is 4.21 Å². The Morgan fingerprint density at radius 3 is 2.94 bits per heavy atom. The van der Waals surface area contributed by atoms with Gasteiger partial charge in [-0.2, -0.15) is 0 Å². The van der Waals surface area contributed by atoms with E-state index in [4.69, 9.17) is 0 Å². The summed E-state index contributed by atoms with van der Waals surface area (Å²) in [5.41, 5.74) is 0. The van der Waals surface area contributed by atoms with Crippen molar-refractivity contribution in [2.24, 2.45) is 0 Å². The zero-order valence-electron chi connectivity index (χ0n) is 9.57. The first-order valence-electron chi connectivity index (χ1n) is 5.80. The van der Waals surface area contributed by atoms with Gasteiger partial charge in [0.1, 0.15) is 0 Å². The van der Waals surface area contributed by atoms with E-state index in [9.17, 15) is 4.21 Å². The second-order valence-corrected chi connectivity index (χ2v) is 6.97. The summed E-state index contributed by atoms with van der Waals surface area (Å²) in [6.07, 6.45) is 5.09. The van der Waals surface area contributed by atoms with Crippen LogP contribution >= 0.6 is 11.3 Å². The van der Waals surface area contributed by atoms with Gasteiger partial charge in [0.05, 0.1) is 5.01 Å². The first-order valence-corrected chi connectivity index (χ1v) is 8.10. The summed E-state index contributed by atoms with van der Waals surface area (Å²) in [6, 6.07) is 0.546. The Morgan fingerprint density at radius 2 is 2.31 bits per heavy atom. The molecule has 0 radical (unpaired) electrons. The molecule has 0 aliphatic carbocycles. The van der Waals surface area contributed by atoms with Gasteiger partial charge in [-0.1, -0.05) is 6.92 Å². The maximum Gasteiger partial charge on any atom is 0.0925 e. The van der Waals surface area contributed by atoms with Gasteiger partial charge in [0, 0.05) is 46.0 Å². The van der Waals surface area contributed by atoms with Crippen LogP contribution in [0.5, 0.6) is 0 Å². The lowest BCUT2D eigenvalue weighted by Crippen LogP contribution is -2.35. The third-order valence-electron chi connectivity index (χ3n) is 2.86. The lowest BCUT2D eigenvalue weighted by molar-refractivity contribution is 0.477. The number of nitrogens with zero attached hydrogens (tertiary/aromatic N) is 1. The van der Waals surface area contributed by atoms with E-state index in [1.54, 1.807) is 11.3 Å². The minimum absolute atomic E-state index is 0.546. The summed E-state index contributed by atoms with van der Waals surface area (Å²) in [6.45, 7) is 3.04. The highest BCUT2D eigenvalue weighted by molar-refractivity contribution is 7.85. The fourth-order valence-corrected chi connectivity index (χ4v) is 3.95. The van der Waals surface area contributed by atoms with E-state index in [1.807, 2.05) is 6.20 Å². The van der Waals surface area contributed by atoms with E-state index in [0.717, 1.165) is 37.3 Å². The highest BCUT2D eigenvalue weighted by Gasteiger charge is 2.17. The van der Waals surface area contributed by atoms with Gasteiger partial charge in [-0.15, -0.1) is 11.3 Å². The van der Waals surface area contributed by atoms with E-state index in [-0.39, 0.29) is 0 Å². The third kappa shape index (κ3) is 3.37. The van der Waals surface area contributed by atoms with Crippen molar-refractivity contribution in [1.29, 1.82) is 0 Å². The molecule has 0 saturated carbocycles. The molecule has 0 spiro atoms. The normalized spacial score (nSPS) is 25.8. The van der Waals surface area contributed by atoms with Crippen molar-refractivity contribution in [3.8, 4) is 0 Å². The Kier molecular flexibility index (Phi) is 4.49. The molecule has 0 atom stereocenters. The summed E-state index contributed by atoms with van der Waals surface area (Å²) in [4.78, 5) is 5.65. The van der Waals surface area contributed by atoms with Gasteiger partial charge in [0.25, 0.3) is 0 Å². The molecular formula is C11H18N2OS2. The van der Waals surface area contributed by atoms with Gasteiger partial charge in [0.15, 0.2) is 0 Å². The second kappa shape index (κ2) is 5.89. The number of rotatable bonds is 4. The zero-order chi connectivity index (χ0) is 11.4. The molecule has 1 fully saturated rings. The number of thiazole rings is 1. The van der Waals surface area contributed by atoms with Crippen molar-refractivity contribution in [1.82, 2.24) is 10.3 Å². The summed E-state index contributed by atoms with van der Waals surface area (Å²) < 4.78 is 11.2. The topological polar surface area (TPSA) is 42.0 Å². The molecule has 90 valence electrons. The van der Waals surface area contributed by atoms with Crippen LogP contribution in [0.1, 0.15) is 29.7 Å². The van der Waals surface area contributed by atoms with Gasteiger partial charge in [0.2, 0.25) is 0 Å². The molecule has 0 unspecified atom stereocenters. The Balaban J connectivity index is 1.76. The van der Waals surface area contributed by atoms with E-state index in [1.165, 1.54) is 9.88 Å². The summed E-state index contributed by atoms with van der Waals surface area (Å²) in [7, 11) is -0.556. The van der Waals surface area contributed by atoms with Crippen LogP contribution in [0, 0.1) is 0 Å². The molecule has 1 aliphatic rings. The minimum atomic E-state index is -0.556. The third-order valence-corrected chi connectivity index (χ3v) is 5.38. The highest BCUT2D eigenvalue weighted by atomic mass is 32.2. The van der Waals surface area contributed by atoms with Crippen LogP contribution < -0.4 is 5.32 Å². The Morgan fingerprint density at radius 1 is 1.56 bits per heavy atom. The van der Waals surface area contributed by atoms with Crippen LogP contribution in [0.2, 0.25) is 0 Å². The van der Waals surface area contributed by atoms with Crippen LogP contribution in [0.25, 0.3) is 0 Å². The van der Waals surface area contributed by atoms with Crippen molar-refractivity contribution in [2.75, 3.05) is 11.5 Å². The molecule has 2 heterocycles. The van der Waals surface area contributed by atoms with Crippen LogP contribution in [-0.4, -0.2) is 26.7 Å². The maximum absolute atomic E-state index is 11.2. The van der Waals surface area contributed by atoms with Crippen LogP contribution in [0.3, 0.4) is 0 Å². The second-order valence-electron chi connectivity index (χ2n) is 4.08. The quantitative estimate of drug-likeness (QED) is 0.894. The van der Waals surface area contributed by atoms with Crippen LogP contribution in [-0.2, 0) is 23.8 Å².